The second-order valence-electron chi connectivity index (χ2n) is 11.7. The average Bonchev–Trinajstić information content (AvgIpc) is 3.68. The van der Waals surface area contributed by atoms with Crippen molar-refractivity contribution >= 4 is 60.9 Å². The molecule has 2 aromatic heterocycles. The molecule has 45 heavy (non-hydrogen) atoms. The minimum Gasteiger partial charge on any atom is -0.456 e. The van der Waals surface area contributed by atoms with Gasteiger partial charge in [-0.3, -0.25) is 0 Å². The Balaban J connectivity index is 1.22. The van der Waals surface area contributed by atoms with Gasteiger partial charge < -0.3 is 13.7 Å². The molecule has 1 atom stereocenters. The van der Waals surface area contributed by atoms with Crippen LogP contribution in [0.2, 0.25) is 0 Å². The lowest BCUT2D eigenvalue weighted by molar-refractivity contribution is 0.663. The van der Waals surface area contributed by atoms with Gasteiger partial charge in [-0.2, -0.15) is 0 Å². The van der Waals surface area contributed by atoms with Crippen molar-refractivity contribution in [3.63, 3.8) is 0 Å². The molecule has 2 heterocycles. The maximum absolute atomic E-state index is 6.40. The van der Waals surface area contributed by atoms with Crippen LogP contribution in [0.25, 0.3) is 55.0 Å². The number of para-hydroxylation sites is 1. The van der Waals surface area contributed by atoms with Crippen LogP contribution in [0.3, 0.4) is 0 Å². The van der Waals surface area contributed by atoms with Crippen LogP contribution in [0, 0.1) is 0 Å². The van der Waals surface area contributed by atoms with Gasteiger partial charge in [0.1, 0.15) is 22.3 Å². The van der Waals surface area contributed by atoms with E-state index >= 15 is 0 Å². The summed E-state index contributed by atoms with van der Waals surface area (Å²) in [7, 11) is 0. The zero-order chi connectivity index (χ0) is 29.7. The first-order valence-corrected chi connectivity index (χ1v) is 15.5. The van der Waals surface area contributed by atoms with E-state index in [1.165, 1.54) is 16.7 Å². The summed E-state index contributed by atoms with van der Waals surface area (Å²) < 4.78 is 12.6. The van der Waals surface area contributed by atoms with Gasteiger partial charge in [-0.05, 0) is 83.8 Å². The number of hydrogen-bond donors (Lipinski definition) is 0. The Hall–Kier alpha value is -5.80. The van der Waals surface area contributed by atoms with Gasteiger partial charge >= 0.3 is 0 Å². The molecular weight excluding hydrogens is 550 g/mol. The number of fused-ring (bicyclic) bond motifs is 7. The van der Waals surface area contributed by atoms with Gasteiger partial charge in [0.25, 0.3) is 0 Å². The molecule has 3 nitrogen and oxygen atoms in total. The van der Waals surface area contributed by atoms with E-state index in [2.05, 4.69) is 138 Å². The monoisotopic (exact) mass is 579 g/mol. The van der Waals surface area contributed by atoms with Gasteiger partial charge in [-0.1, -0.05) is 97.1 Å². The molecule has 6 aromatic carbocycles. The highest BCUT2D eigenvalue weighted by atomic mass is 16.3. The van der Waals surface area contributed by atoms with Crippen molar-refractivity contribution in [2.24, 2.45) is 0 Å². The van der Waals surface area contributed by atoms with Gasteiger partial charge in [0.2, 0.25) is 0 Å². The van der Waals surface area contributed by atoms with Crippen LogP contribution in [0.5, 0.6) is 0 Å². The number of furan rings is 2. The van der Waals surface area contributed by atoms with Crippen molar-refractivity contribution in [1.82, 2.24) is 0 Å². The predicted molar refractivity (Wildman–Crippen MR) is 187 cm³/mol. The molecule has 0 N–H and O–H groups in total. The van der Waals surface area contributed by atoms with Gasteiger partial charge in [-0.15, -0.1) is 0 Å². The van der Waals surface area contributed by atoms with E-state index < -0.39 is 0 Å². The molecule has 0 spiro atoms. The third-order valence-corrected chi connectivity index (χ3v) is 9.01. The zero-order valence-electron chi connectivity index (χ0n) is 24.6. The number of hydrogen-bond acceptors (Lipinski definition) is 3. The number of benzene rings is 6. The Bertz CT molecular complexity index is 2390. The molecule has 1 aliphatic carbocycles. The van der Waals surface area contributed by atoms with Gasteiger partial charge in [0.15, 0.2) is 0 Å². The fraction of sp³-hybridized carbons (Fsp3) is 0.0476. The summed E-state index contributed by atoms with van der Waals surface area (Å²) in [4.78, 5) is 2.33. The van der Waals surface area contributed by atoms with E-state index in [-0.39, 0.29) is 0 Å². The molecule has 214 valence electrons. The average molecular weight is 580 g/mol. The van der Waals surface area contributed by atoms with E-state index in [1.807, 2.05) is 24.3 Å². The van der Waals surface area contributed by atoms with Crippen molar-refractivity contribution < 1.29 is 8.83 Å². The van der Waals surface area contributed by atoms with Gasteiger partial charge in [0, 0.05) is 44.5 Å². The summed E-state index contributed by atoms with van der Waals surface area (Å²) in [6.45, 7) is 0. The number of allylic oxidation sites excluding steroid dienone is 4. The molecule has 0 aliphatic heterocycles. The second kappa shape index (κ2) is 10.4. The quantitative estimate of drug-likeness (QED) is 0.203. The summed E-state index contributed by atoms with van der Waals surface area (Å²) in [5, 5.41) is 4.35. The van der Waals surface area contributed by atoms with Crippen molar-refractivity contribution in [3.05, 3.63) is 163 Å². The number of nitrogens with zero attached hydrogens (tertiary/aromatic N) is 1. The Kier molecular flexibility index (Phi) is 5.95. The molecule has 1 unspecified atom stereocenters. The van der Waals surface area contributed by atoms with Crippen LogP contribution in [0.1, 0.15) is 17.9 Å². The normalized spacial score (nSPS) is 14.6. The molecule has 0 saturated heterocycles. The standard InChI is InChI=1S/C42H29NO2/c1-3-9-28(10-4-1)30-15-19-32(20-16-30)43(33-21-17-31(18-22-33)29-11-5-2-6-12-29)34-23-24-38-36(27-34)42-40(45-38)26-25-39-41(42)35-13-7-8-14-37(35)44-39/h1-11,13-27,29H,12H2. The first kappa shape index (κ1) is 25.7. The maximum atomic E-state index is 6.40. The van der Waals surface area contributed by atoms with Gasteiger partial charge in [-0.25, -0.2) is 0 Å². The van der Waals surface area contributed by atoms with Crippen molar-refractivity contribution in [3.8, 4) is 11.1 Å². The molecular formula is C42H29NO2. The molecule has 8 aromatic rings. The fourth-order valence-corrected chi connectivity index (χ4v) is 6.79. The SMILES string of the molecule is C1=CCC(c2ccc(N(c3ccc(-c4ccccc4)cc3)c3ccc4oc5ccc6oc7ccccc7c6c5c4c3)cc2)C=C1. The second-order valence-corrected chi connectivity index (χ2v) is 11.7. The highest BCUT2D eigenvalue weighted by Crippen LogP contribution is 2.43. The van der Waals surface area contributed by atoms with Crippen molar-refractivity contribution in [2.45, 2.75) is 12.3 Å². The Morgan fingerprint density at radius 3 is 1.82 bits per heavy atom. The first-order valence-electron chi connectivity index (χ1n) is 15.5. The van der Waals surface area contributed by atoms with E-state index in [0.29, 0.717) is 5.92 Å². The molecule has 0 amide bonds. The highest BCUT2D eigenvalue weighted by molar-refractivity contribution is 6.26. The Labute approximate surface area is 260 Å². The summed E-state index contributed by atoms with van der Waals surface area (Å²) in [5.74, 6) is 0.406. The lowest BCUT2D eigenvalue weighted by atomic mass is 9.92. The van der Waals surface area contributed by atoms with E-state index in [4.69, 9.17) is 8.83 Å². The smallest absolute Gasteiger partial charge is 0.136 e. The molecule has 1 aliphatic rings. The van der Waals surface area contributed by atoms with Crippen LogP contribution in [0.15, 0.2) is 167 Å². The molecule has 9 rings (SSSR count). The molecule has 0 saturated carbocycles. The molecule has 3 heteroatoms. The van der Waals surface area contributed by atoms with Gasteiger partial charge in [0.05, 0.1) is 0 Å². The topological polar surface area (TPSA) is 29.5 Å². The zero-order valence-corrected chi connectivity index (χ0v) is 24.6. The largest absolute Gasteiger partial charge is 0.456 e. The summed E-state index contributed by atoms with van der Waals surface area (Å²) in [6.07, 6.45) is 9.83. The van der Waals surface area contributed by atoms with Crippen molar-refractivity contribution in [1.29, 1.82) is 0 Å². The highest BCUT2D eigenvalue weighted by Gasteiger charge is 2.19. The fourth-order valence-electron chi connectivity index (χ4n) is 6.79. The number of anilines is 3. The summed E-state index contributed by atoms with van der Waals surface area (Å²) in [6, 6.07) is 47.2. The third kappa shape index (κ3) is 4.36. The minimum atomic E-state index is 0.406. The first-order chi connectivity index (χ1) is 22.3. The Morgan fingerprint density at radius 2 is 1.09 bits per heavy atom. The third-order valence-electron chi connectivity index (χ3n) is 9.01. The summed E-state index contributed by atoms with van der Waals surface area (Å²) in [5.41, 5.74) is 10.5. The van der Waals surface area contributed by atoms with E-state index in [9.17, 15) is 0 Å². The van der Waals surface area contributed by atoms with E-state index in [1.54, 1.807) is 0 Å². The van der Waals surface area contributed by atoms with Crippen LogP contribution in [0.4, 0.5) is 17.1 Å². The Morgan fingerprint density at radius 1 is 0.489 bits per heavy atom. The predicted octanol–water partition coefficient (Wildman–Crippen LogP) is 12.2. The van der Waals surface area contributed by atoms with Crippen LogP contribution < -0.4 is 4.90 Å². The van der Waals surface area contributed by atoms with Crippen LogP contribution >= 0.6 is 0 Å². The lowest BCUT2D eigenvalue weighted by Gasteiger charge is -2.26. The van der Waals surface area contributed by atoms with Crippen molar-refractivity contribution in [2.75, 3.05) is 4.90 Å². The summed E-state index contributed by atoms with van der Waals surface area (Å²) >= 11 is 0. The number of rotatable bonds is 5. The molecule has 0 radical (unpaired) electrons. The molecule has 0 fully saturated rings. The maximum Gasteiger partial charge on any atom is 0.136 e. The van der Waals surface area contributed by atoms with E-state index in [0.717, 1.165) is 67.4 Å². The van der Waals surface area contributed by atoms with Crippen LogP contribution in [-0.4, -0.2) is 0 Å². The lowest BCUT2D eigenvalue weighted by Crippen LogP contribution is -2.10. The van der Waals surface area contributed by atoms with Crippen LogP contribution in [-0.2, 0) is 0 Å². The minimum absolute atomic E-state index is 0.406. The molecule has 0 bridgehead atoms.